The summed E-state index contributed by atoms with van der Waals surface area (Å²) < 4.78 is 5.01. The highest BCUT2D eigenvalue weighted by molar-refractivity contribution is 8.01. The molecular weight excluding hydrogens is 378 g/mol. The zero-order valence-electron chi connectivity index (χ0n) is 16.1. The van der Waals surface area contributed by atoms with Crippen LogP contribution < -0.4 is 10.6 Å². The molecule has 0 aliphatic carbocycles. The molecule has 28 heavy (non-hydrogen) atoms. The van der Waals surface area contributed by atoms with Crippen molar-refractivity contribution in [2.24, 2.45) is 0 Å². The highest BCUT2D eigenvalue weighted by Crippen LogP contribution is 2.27. The van der Waals surface area contributed by atoms with Gasteiger partial charge < -0.3 is 20.3 Å². The Labute approximate surface area is 169 Å². The number of hydrogen-bond acceptors (Lipinski definition) is 5. The molecule has 2 aliphatic heterocycles. The number of nitrogens with zero attached hydrogens (tertiary/aromatic N) is 1. The normalized spacial score (nSPS) is 20.0. The van der Waals surface area contributed by atoms with Crippen LogP contribution in [0.5, 0.6) is 0 Å². The maximum absolute atomic E-state index is 12.4. The molecule has 1 atom stereocenters. The summed E-state index contributed by atoms with van der Waals surface area (Å²) in [5.41, 5.74) is 2.00. The van der Waals surface area contributed by atoms with Gasteiger partial charge >= 0.3 is 6.09 Å². The molecule has 0 bridgehead atoms. The minimum absolute atomic E-state index is 0.0366. The highest BCUT2D eigenvalue weighted by atomic mass is 32.2. The summed E-state index contributed by atoms with van der Waals surface area (Å²) in [6.45, 7) is 3.32. The largest absolute Gasteiger partial charge is 0.450 e. The molecular formula is C20H27N3O4S. The number of anilines is 1. The summed E-state index contributed by atoms with van der Waals surface area (Å²) in [5.74, 6) is 0.159. The van der Waals surface area contributed by atoms with Crippen LogP contribution in [0.2, 0.25) is 0 Å². The number of thioether (sulfide) groups is 1. The number of rotatable bonds is 5. The lowest BCUT2D eigenvalue weighted by molar-refractivity contribution is -0.119. The van der Waals surface area contributed by atoms with Crippen LogP contribution in [0.1, 0.15) is 31.7 Å². The molecule has 0 spiro atoms. The smallest absolute Gasteiger partial charge is 0.409 e. The number of ether oxygens (including phenoxy) is 1. The minimum atomic E-state index is -0.289. The molecule has 1 aromatic carbocycles. The molecule has 0 aromatic heterocycles. The Morgan fingerprint density at radius 3 is 2.75 bits per heavy atom. The summed E-state index contributed by atoms with van der Waals surface area (Å²) in [6, 6.07) is 7.88. The third kappa shape index (κ3) is 5.41. The van der Waals surface area contributed by atoms with Gasteiger partial charge in [0.25, 0.3) is 0 Å². The van der Waals surface area contributed by atoms with Gasteiger partial charge in [-0.05, 0) is 44.2 Å². The maximum Gasteiger partial charge on any atom is 0.409 e. The Morgan fingerprint density at radius 1 is 1.25 bits per heavy atom. The molecule has 3 amide bonds. The Bertz CT molecular complexity index is 719. The summed E-state index contributed by atoms with van der Waals surface area (Å²) in [5, 5.41) is 5.76. The van der Waals surface area contributed by atoms with E-state index in [0.717, 1.165) is 24.1 Å². The first-order valence-electron chi connectivity index (χ1n) is 9.78. The minimum Gasteiger partial charge on any atom is -0.450 e. The number of carbonyl (C=O) groups is 3. The van der Waals surface area contributed by atoms with Crippen LogP contribution >= 0.6 is 11.8 Å². The predicted octanol–water partition coefficient (Wildman–Crippen LogP) is 2.41. The first kappa shape index (κ1) is 20.5. The topological polar surface area (TPSA) is 87.7 Å². The van der Waals surface area contributed by atoms with E-state index >= 15 is 0 Å². The molecule has 2 aliphatic rings. The summed E-state index contributed by atoms with van der Waals surface area (Å²) in [4.78, 5) is 38.1. The molecule has 0 radical (unpaired) electrons. The predicted molar refractivity (Wildman–Crippen MR) is 109 cm³/mol. The van der Waals surface area contributed by atoms with E-state index in [0.29, 0.717) is 32.5 Å². The van der Waals surface area contributed by atoms with Crippen molar-refractivity contribution in [3.63, 3.8) is 0 Å². The SMILES string of the molecule is CCOC(=O)N1CCC(NC(=O)CS[C@@H]2CCc3ccccc3NC2=O)CC1. The van der Waals surface area contributed by atoms with E-state index in [1.807, 2.05) is 24.3 Å². The van der Waals surface area contributed by atoms with Crippen molar-refractivity contribution in [2.45, 2.75) is 43.9 Å². The molecule has 1 aromatic rings. The number of fused-ring (bicyclic) bond motifs is 1. The Kier molecular flexibility index (Phi) is 7.19. The van der Waals surface area contributed by atoms with E-state index in [9.17, 15) is 14.4 Å². The monoisotopic (exact) mass is 405 g/mol. The van der Waals surface area contributed by atoms with Gasteiger partial charge in [-0.2, -0.15) is 0 Å². The quantitative estimate of drug-likeness (QED) is 0.786. The number of nitrogens with one attached hydrogen (secondary N) is 2. The number of carbonyl (C=O) groups excluding carboxylic acids is 3. The fourth-order valence-corrected chi connectivity index (χ4v) is 4.45. The zero-order chi connectivity index (χ0) is 19.9. The Hall–Kier alpha value is -2.22. The molecule has 0 unspecified atom stereocenters. The first-order valence-corrected chi connectivity index (χ1v) is 10.8. The van der Waals surface area contributed by atoms with E-state index in [4.69, 9.17) is 4.74 Å². The van der Waals surface area contributed by atoms with Gasteiger partial charge in [-0.25, -0.2) is 4.79 Å². The molecule has 3 rings (SSSR count). The average molecular weight is 406 g/mol. The second-order valence-electron chi connectivity index (χ2n) is 7.01. The first-order chi connectivity index (χ1) is 13.6. The third-order valence-electron chi connectivity index (χ3n) is 5.05. The Balaban J connectivity index is 1.40. The third-order valence-corrected chi connectivity index (χ3v) is 6.33. The zero-order valence-corrected chi connectivity index (χ0v) is 16.9. The van der Waals surface area contributed by atoms with Crippen LogP contribution in [-0.2, 0) is 20.7 Å². The van der Waals surface area contributed by atoms with Crippen LogP contribution in [0.3, 0.4) is 0 Å². The van der Waals surface area contributed by atoms with Gasteiger partial charge in [0.1, 0.15) is 0 Å². The van der Waals surface area contributed by atoms with E-state index < -0.39 is 0 Å². The average Bonchev–Trinajstić information content (AvgIpc) is 2.85. The lowest BCUT2D eigenvalue weighted by atomic mass is 10.1. The van der Waals surface area contributed by atoms with Crippen LogP contribution in [0.4, 0.5) is 10.5 Å². The van der Waals surface area contributed by atoms with Gasteiger partial charge in [0.15, 0.2) is 0 Å². The van der Waals surface area contributed by atoms with Gasteiger partial charge in [-0.1, -0.05) is 18.2 Å². The lowest BCUT2D eigenvalue weighted by Crippen LogP contribution is -2.47. The molecule has 0 saturated carbocycles. The summed E-state index contributed by atoms with van der Waals surface area (Å²) >= 11 is 1.39. The fraction of sp³-hybridized carbons (Fsp3) is 0.550. The number of para-hydroxylation sites is 1. The van der Waals surface area contributed by atoms with Crippen LogP contribution in [0, 0.1) is 0 Å². The fourth-order valence-electron chi connectivity index (χ4n) is 3.52. The number of likely N-dealkylation sites (tertiary alicyclic amines) is 1. The summed E-state index contributed by atoms with van der Waals surface area (Å²) in [7, 11) is 0. The summed E-state index contributed by atoms with van der Waals surface area (Å²) in [6.07, 6.45) is 2.69. The van der Waals surface area contributed by atoms with Crippen molar-refractivity contribution in [3.05, 3.63) is 29.8 Å². The van der Waals surface area contributed by atoms with Crippen LogP contribution in [-0.4, -0.2) is 59.5 Å². The molecule has 1 fully saturated rings. The molecule has 7 nitrogen and oxygen atoms in total. The van der Waals surface area contributed by atoms with Crippen molar-refractivity contribution in [1.29, 1.82) is 0 Å². The van der Waals surface area contributed by atoms with Crippen molar-refractivity contribution < 1.29 is 19.1 Å². The van der Waals surface area contributed by atoms with Gasteiger partial charge in [-0.15, -0.1) is 11.8 Å². The maximum atomic E-state index is 12.4. The van der Waals surface area contributed by atoms with Gasteiger partial charge in [-0.3, -0.25) is 9.59 Å². The second-order valence-corrected chi connectivity index (χ2v) is 8.20. The number of hydrogen-bond donors (Lipinski definition) is 2. The molecule has 152 valence electrons. The second kappa shape index (κ2) is 9.82. The van der Waals surface area contributed by atoms with Crippen molar-refractivity contribution in [2.75, 3.05) is 30.8 Å². The number of aryl methyl sites for hydroxylation is 1. The molecule has 2 N–H and O–H groups in total. The molecule has 1 saturated heterocycles. The van der Waals surface area contributed by atoms with Gasteiger partial charge in [0.2, 0.25) is 11.8 Å². The van der Waals surface area contributed by atoms with E-state index in [2.05, 4.69) is 10.6 Å². The number of piperidine rings is 1. The van der Waals surface area contributed by atoms with Crippen molar-refractivity contribution >= 4 is 35.4 Å². The van der Waals surface area contributed by atoms with Crippen molar-refractivity contribution in [3.8, 4) is 0 Å². The van der Waals surface area contributed by atoms with Crippen molar-refractivity contribution in [1.82, 2.24) is 10.2 Å². The van der Waals surface area contributed by atoms with E-state index in [-0.39, 0.29) is 35.0 Å². The van der Waals surface area contributed by atoms with Crippen LogP contribution in [0.15, 0.2) is 24.3 Å². The van der Waals surface area contributed by atoms with Gasteiger partial charge in [0.05, 0.1) is 17.6 Å². The number of benzene rings is 1. The molecule has 8 heteroatoms. The Morgan fingerprint density at radius 2 is 2.00 bits per heavy atom. The van der Waals surface area contributed by atoms with E-state index in [1.165, 1.54) is 11.8 Å². The van der Waals surface area contributed by atoms with Crippen LogP contribution in [0.25, 0.3) is 0 Å². The highest BCUT2D eigenvalue weighted by Gasteiger charge is 2.27. The van der Waals surface area contributed by atoms with Gasteiger partial charge in [0, 0.05) is 24.8 Å². The lowest BCUT2D eigenvalue weighted by Gasteiger charge is -2.31. The van der Waals surface area contributed by atoms with E-state index in [1.54, 1.807) is 11.8 Å². The standard InChI is InChI=1S/C20H27N3O4S/c1-2-27-20(26)23-11-9-15(10-12-23)21-18(24)13-28-17-8-7-14-5-3-4-6-16(14)22-19(17)25/h3-6,15,17H,2,7-13H2,1H3,(H,21,24)(H,22,25)/t17-/m1/s1. The number of amides is 3. The molecule has 2 heterocycles.